The van der Waals surface area contributed by atoms with Gasteiger partial charge in [0.15, 0.2) is 0 Å². The molecule has 1 aromatic carbocycles. The van der Waals surface area contributed by atoms with Gasteiger partial charge in [0.05, 0.1) is 5.52 Å². The van der Waals surface area contributed by atoms with Crippen molar-refractivity contribution in [3.05, 3.63) is 40.0 Å². The van der Waals surface area contributed by atoms with E-state index in [2.05, 4.69) is 46.9 Å². The summed E-state index contributed by atoms with van der Waals surface area (Å²) >= 11 is 3.54. The summed E-state index contributed by atoms with van der Waals surface area (Å²) in [5.41, 5.74) is 3.58. The van der Waals surface area contributed by atoms with Crippen molar-refractivity contribution in [1.82, 2.24) is 4.98 Å². The van der Waals surface area contributed by atoms with Gasteiger partial charge >= 0.3 is 0 Å². The van der Waals surface area contributed by atoms with E-state index in [1.165, 1.54) is 16.5 Å². The molecule has 0 radical (unpaired) electrons. The van der Waals surface area contributed by atoms with Crippen LogP contribution in [0.5, 0.6) is 0 Å². The van der Waals surface area contributed by atoms with Gasteiger partial charge in [-0.25, -0.2) is 0 Å². The zero-order valence-corrected chi connectivity index (χ0v) is 9.22. The van der Waals surface area contributed by atoms with Crippen molar-refractivity contribution in [2.45, 2.75) is 13.8 Å². The molecule has 0 aliphatic rings. The van der Waals surface area contributed by atoms with Crippen molar-refractivity contribution in [3.8, 4) is 0 Å². The second-order valence-electron chi connectivity index (χ2n) is 3.22. The fourth-order valence-corrected chi connectivity index (χ4v) is 2.14. The van der Waals surface area contributed by atoms with Crippen LogP contribution >= 0.6 is 15.9 Å². The molecule has 1 nitrogen and oxygen atoms in total. The number of halogens is 1. The molecular formula is C11H10BrN. The molecule has 13 heavy (non-hydrogen) atoms. The van der Waals surface area contributed by atoms with Gasteiger partial charge in [-0.15, -0.1) is 0 Å². The Kier molecular flexibility index (Phi) is 2.08. The van der Waals surface area contributed by atoms with E-state index in [0.29, 0.717) is 0 Å². The number of pyridine rings is 1. The Morgan fingerprint density at radius 1 is 1.08 bits per heavy atom. The lowest BCUT2D eigenvalue weighted by Crippen LogP contribution is -1.86. The Labute approximate surface area is 85.9 Å². The molecule has 2 rings (SSSR count). The van der Waals surface area contributed by atoms with Gasteiger partial charge in [-0.2, -0.15) is 0 Å². The predicted molar refractivity (Wildman–Crippen MR) is 58.9 cm³/mol. The molecule has 0 amide bonds. The van der Waals surface area contributed by atoms with Crippen molar-refractivity contribution in [3.63, 3.8) is 0 Å². The average Bonchev–Trinajstić information content (AvgIpc) is 2.12. The molecule has 66 valence electrons. The molecule has 0 aliphatic heterocycles. The number of hydrogen-bond donors (Lipinski definition) is 0. The molecule has 2 heteroatoms. The first-order valence-corrected chi connectivity index (χ1v) is 5.00. The van der Waals surface area contributed by atoms with Gasteiger partial charge in [0, 0.05) is 16.1 Å². The van der Waals surface area contributed by atoms with Crippen molar-refractivity contribution in [1.29, 1.82) is 0 Å². The van der Waals surface area contributed by atoms with Crippen LogP contribution in [0.1, 0.15) is 11.1 Å². The number of aryl methyl sites for hydroxylation is 2. The van der Waals surface area contributed by atoms with Gasteiger partial charge in [0.2, 0.25) is 0 Å². The van der Waals surface area contributed by atoms with E-state index in [0.717, 1.165) is 9.99 Å². The van der Waals surface area contributed by atoms with E-state index in [1.54, 1.807) is 0 Å². The first-order chi connectivity index (χ1) is 6.20. The summed E-state index contributed by atoms with van der Waals surface area (Å²) in [5, 5.41) is 1.22. The third-order valence-corrected chi connectivity index (χ3v) is 2.91. The van der Waals surface area contributed by atoms with E-state index in [9.17, 15) is 0 Å². The Morgan fingerprint density at radius 3 is 2.46 bits per heavy atom. The summed E-state index contributed by atoms with van der Waals surface area (Å²) in [7, 11) is 0. The summed E-state index contributed by atoms with van der Waals surface area (Å²) in [6, 6.07) is 6.22. The van der Waals surface area contributed by atoms with Crippen molar-refractivity contribution in [2.24, 2.45) is 0 Å². The molecular weight excluding hydrogens is 226 g/mol. The quantitative estimate of drug-likeness (QED) is 0.680. The molecule has 0 fully saturated rings. The molecule has 0 atom stereocenters. The van der Waals surface area contributed by atoms with Crippen molar-refractivity contribution < 1.29 is 0 Å². The molecule has 0 unspecified atom stereocenters. The Hall–Kier alpha value is -0.890. The molecule has 0 bridgehead atoms. The highest BCUT2D eigenvalue weighted by Gasteiger charge is 2.04. The molecule has 0 N–H and O–H groups in total. The number of benzene rings is 1. The normalized spacial score (nSPS) is 10.7. The topological polar surface area (TPSA) is 12.9 Å². The summed E-state index contributed by atoms with van der Waals surface area (Å²) in [6.07, 6.45) is 1.83. The van der Waals surface area contributed by atoms with Crippen LogP contribution < -0.4 is 0 Å². The maximum absolute atomic E-state index is 4.37. The second-order valence-corrected chi connectivity index (χ2v) is 4.07. The zero-order valence-electron chi connectivity index (χ0n) is 7.63. The van der Waals surface area contributed by atoms with Crippen LogP contribution in [0.4, 0.5) is 0 Å². The number of nitrogens with zero attached hydrogens (tertiary/aromatic N) is 1. The highest BCUT2D eigenvalue weighted by Crippen LogP contribution is 2.27. The number of hydrogen-bond acceptors (Lipinski definition) is 1. The molecule has 0 aliphatic carbocycles. The maximum atomic E-state index is 4.37. The fraction of sp³-hybridized carbons (Fsp3) is 0.182. The Balaban J connectivity index is 3.00. The summed E-state index contributed by atoms with van der Waals surface area (Å²) < 4.78 is 1.12. The van der Waals surface area contributed by atoms with Crippen LogP contribution in [-0.4, -0.2) is 4.98 Å². The predicted octanol–water partition coefficient (Wildman–Crippen LogP) is 3.61. The van der Waals surface area contributed by atoms with E-state index in [4.69, 9.17) is 0 Å². The third-order valence-electron chi connectivity index (χ3n) is 2.25. The Morgan fingerprint density at radius 2 is 1.77 bits per heavy atom. The lowest BCUT2D eigenvalue weighted by Gasteiger charge is -2.05. The van der Waals surface area contributed by atoms with Crippen LogP contribution in [-0.2, 0) is 0 Å². The minimum atomic E-state index is 1.09. The van der Waals surface area contributed by atoms with Gasteiger partial charge in [-0.1, -0.05) is 28.1 Å². The lowest BCUT2D eigenvalue weighted by atomic mass is 10.1. The summed E-state index contributed by atoms with van der Waals surface area (Å²) in [5.74, 6) is 0. The molecule has 2 aromatic rings. The van der Waals surface area contributed by atoms with Crippen LogP contribution in [0, 0.1) is 13.8 Å². The van der Waals surface area contributed by atoms with E-state index in [-0.39, 0.29) is 0 Å². The molecule has 1 heterocycles. The highest BCUT2D eigenvalue weighted by molar-refractivity contribution is 9.10. The average molecular weight is 236 g/mol. The summed E-state index contributed by atoms with van der Waals surface area (Å²) in [4.78, 5) is 4.37. The fourth-order valence-electron chi connectivity index (χ4n) is 1.52. The van der Waals surface area contributed by atoms with E-state index >= 15 is 0 Å². The van der Waals surface area contributed by atoms with Gasteiger partial charge in [0.1, 0.15) is 0 Å². The van der Waals surface area contributed by atoms with Crippen molar-refractivity contribution in [2.75, 3.05) is 0 Å². The van der Waals surface area contributed by atoms with Crippen LogP contribution in [0.2, 0.25) is 0 Å². The number of fused-ring (bicyclic) bond motifs is 1. The second kappa shape index (κ2) is 3.11. The standard InChI is InChI=1S/C11H10BrN/c1-7-3-4-8(2)11-10(7)9(12)5-6-13-11/h3-6H,1-2H3. The Bertz CT molecular complexity index is 455. The highest BCUT2D eigenvalue weighted by atomic mass is 79.9. The monoisotopic (exact) mass is 235 g/mol. The lowest BCUT2D eigenvalue weighted by molar-refractivity contribution is 1.34. The molecule has 0 saturated heterocycles. The van der Waals surface area contributed by atoms with Gasteiger partial charge in [0.25, 0.3) is 0 Å². The minimum absolute atomic E-state index is 1.09. The SMILES string of the molecule is Cc1ccc(C)c2c(Br)ccnc12. The first-order valence-electron chi connectivity index (χ1n) is 4.20. The number of aromatic nitrogens is 1. The third kappa shape index (κ3) is 1.35. The largest absolute Gasteiger partial charge is 0.256 e. The zero-order chi connectivity index (χ0) is 9.42. The van der Waals surface area contributed by atoms with Crippen LogP contribution in [0.15, 0.2) is 28.9 Å². The summed E-state index contributed by atoms with van der Waals surface area (Å²) in [6.45, 7) is 4.19. The van der Waals surface area contributed by atoms with Crippen LogP contribution in [0.25, 0.3) is 10.9 Å². The minimum Gasteiger partial charge on any atom is -0.256 e. The van der Waals surface area contributed by atoms with E-state index in [1.807, 2.05) is 12.3 Å². The molecule has 0 saturated carbocycles. The number of rotatable bonds is 0. The smallest absolute Gasteiger partial charge is 0.0745 e. The van der Waals surface area contributed by atoms with Crippen LogP contribution in [0.3, 0.4) is 0 Å². The maximum Gasteiger partial charge on any atom is 0.0745 e. The van der Waals surface area contributed by atoms with E-state index < -0.39 is 0 Å². The van der Waals surface area contributed by atoms with Gasteiger partial charge in [-0.05, 0) is 31.0 Å². The first kappa shape index (κ1) is 8.70. The molecule has 0 spiro atoms. The van der Waals surface area contributed by atoms with Gasteiger partial charge in [-0.3, -0.25) is 4.98 Å². The molecule has 1 aromatic heterocycles. The van der Waals surface area contributed by atoms with Crippen molar-refractivity contribution >= 4 is 26.8 Å². The van der Waals surface area contributed by atoms with Gasteiger partial charge < -0.3 is 0 Å².